The topological polar surface area (TPSA) is 115 Å². The van der Waals surface area contributed by atoms with Crippen LogP contribution in [0.4, 0.5) is 0 Å². The molecule has 10 nitrogen and oxygen atoms in total. The van der Waals surface area contributed by atoms with Crippen LogP contribution in [0.2, 0.25) is 0 Å². The Balaban J connectivity index is 1.67. The number of likely N-dealkylation sites (tertiary alicyclic amines) is 1. The number of aromatic nitrogens is 5. The lowest BCUT2D eigenvalue weighted by molar-refractivity contribution is -0.131. The summed E-state index contributed by atoms with van der Waals surface area (Å²) < 4.78 is 3.98. The molecule has 1 aliphatic heterocycles. The molecule has 146 valence electrons. The summed E-state index contributed by atoms with van der Waals surface area (Å²) in [5.74, 6) is 0.752. The number of nitrogens with one attached hydrogen (secondary N) is 1. The van der Waals surface area contributed by atoms with Gasteiger partial charge in [-0.05, 0) is 19.8 Å². The molecule has 0 radical (unpaired) electrons. The number of aromatic amines is 1. The van der Waals surface area contributed by atoms with Crippen LogP contribution in [0, 0.1) is 0 Å². The highest BCUT2D eigenvalue weighted by molar-refractivity contribution is 5.78. The number of hydrogen-bond donors (Lipinski definition) is 1. The van der Waals surface area contributed by atoms with Crippen LogP contribution in [-0.2, 0) is 31.9 Å². The first kappa shape index (κ1) is 18.9. The number of piperidine rings is 1. The van der Waals surface area contributed by atoms with Crippen molar-refractivity contribution >= 4 is 5.91 Å². The van der Waals surface area contributed by atoms with Gasteiger partial charge in [0.2, 0.25) is 5.91 Å². The van der Waals surface area contributed by atoms with Crippen molar-refractivity contribution in [3.63, 3.8) is 0 Å². The molecule has 0 aromatic carbocycles. The van der Waals surface area contributed by atoms with Crippen LogP contribution in [0.25, 0.3) is 0 Å². The Morgan fingerprint density at radius 3 is 2.52 bits per heavy atom. The number of carbonyl (C=O) groups is 1. The molecule has 0 atom stereocenters. The van der Waals surface area contributed by atoms with Crippen molar-refractivity contribution in [3.05, 3.63) is 48.9 Å². The summed E-state index contributed by atoms with van der Waals surface area (Å²) in [6.07, 6.45) is 2.69. The van der Waals surface area contributed by atoms with E-state index in [1.54, 1.807) is 16.5 Å². The van der Waals surface area contributed by atoms with Gasteiger partial charge >= 0.3 is 11.4 Å². The molecule has 1 fully saturated rings. The SMILES string of the molecule is CCn1c(C2CCN(C(=O)Cc3c[nH]c(=O)n(C)c3=O)CC2)nn(C)c1=O. The van der Waals surface area contributed by atoms with Gasteiger partial charge in [-0.2, -0.15) is 5.10 Å². The van der Waals surface area contributed by atoms with Crippen LogP contribution in [0.15, 0.2) is 20.6 Å². The third kappa shape index (κ3) is 3.51. The van der Waals surface area contributed by atoms with E-state index >= 15 is 0 Å². The highest BCUT2D eigenvalue weighted by atomic mass is 16.2. The van der Waals surface area contributed by atoms with Crippen LogP contribution in [0.3, 0.4) is 0 Å². The zero-order valence-electron chi connectivity index (χ0n) is 15.8. The van der Waals surface area contributed by atoms with Crippen molar-refractivity contribution in [2.45, 2.75) is 38.6 Å². The highest BCUT2D eigenvalue weighted by Crippen LogP contribution is 2.26. The van der Waals surface area contributed by atoms with Crippen LogP contribution < -0.4 is 16.9 Å². The second-order valence-corrected chi connectivity index (χ2v) is 6.82. The summed E-state index contributed by atoms with van der Waals surface area (Å²) in [7, 11) is 3.02. The first-order valence-corrected chi connectivity index (χ1v) is 9.02. The molecule has 1 N–H and O–H groups in total. The fourth-order valence-electron chi connectivity index (χ4n) is 3.53. The maximum Gasteiger partial charge on any atom is 0.345 e. The Labute approximate surface area is 155 Å². The molecule has 3 rings (SSSR count). The first-order chi connectivity index (χ1) is 12.8. The molecule has 10 heteroatoms. The van der Waals surface area contributed by atoms with Crippen molar-refractivity contribution in [2.24, 2.45) is 14.1 Å². The number of rotatable bonds is 4. The molecule has 2 aromatic rings. The third-order valence-electron chi connectivity index (χ3n) is 5.16. The summed E-state index contributed by atoms with van der Waals surface area (Å²) in [5, 5.41) is 4.36. The van der Waals surface area contributed by atoms with Gasteiger partial charge in [0.25, 0.3) is 5.56 Å². The van der Waals surface area contributed by atoms with E-state index in [9.17, 15) is 19.2 Å². The van der Waals surface area contributed by atoms with E-state index in [4.69, 9.17) is 0 Å². The van der Waals surface area contributed by atoms with E-state index in [0.29, 0.717) is 32.5 Å². The van der Waals surface area contributed by atoms with E-state index < -0.39 is 11.2 Å². The molecule has 27 heavy (non-hydrogen) atoms. The molecule has 1 saturated heterocycles. The molecule has 0 spiro atoms. The Hall–Kier alpha value is -2.91. The molecular weight excluding hydrogens is 352 g/mol. The smallest absolute Gasteiger partial charge is 0.342 e. The maximum atomic E-state index is 12.6. The molecule has 3 heterocycles. The van der Waals surface area contributed by atoms with E-state index in [1.165, 1.54) is 17.9 Å². The van der Waals surface area contributed by atoms with E-state index in [0.717, 1.165) is 10.4 Å². The van der Waals surface area contributed by atoms with Gasteiger partial charge in [0.05, 0.1) is 6.42 Å². The van der Waals surface area contributed by atoms with Gasteiger partial charge in [-0.25, -0.2) is 14.3 Å². The lowest BCUT2D eigenvalue weighted by Gasteiger charge is -2.31. The molecular formula is C17H24N6O4. The normalized spacial score (nSPS) is 15.3. The number of carbonyl (C=O) groups excluding carboxylic acids is 1. The molecule has 2 aromatic heterocycles. The summed E-state index contributed by atoms with van der Waals surface area (Å²) in [4.78, 5) is 52.3. The summed E-state index contributed by atoms with van der Waals surface area (Å²) in [6, 6.07) is 0. The number of H-pyrrole nitrogens is 1. The predicted octanol–water partition coefficient (Wildman–Crippen LogP) is -1.06. The zero-order chi connectivity index (χ0) is 19.7. The molecule has 1 amide bonds. The van der Waals surface area contributed by atoms with Crippen molar-refractivity contribution in [3.8, 4) is 0 Å². The molecule has 0 aliphatic carbocycles. The van der Waals surface area contributed by atoms with Gasteiger partial charge in [0.1, 0.15) is 5.82 Å². The third-order valence-corrected chi connectivity index (χ3v) is 5.16. The van der Waals surface area contributed by atoms with Gasteiger partial charge in [0, 0.05) is 51.4 Å². The second-order valence-electron chi connectivity index (χ2n) is 6.82. The second kappa shape index (κ2) is 7.37. The Kier molecular flexibility index (Phi) is 5.15. The summed E-state index contributed by atoms with van der Waals surface area (Å²) >= 11 is 0. The van der Waals surface area contributed by atoms with Crippen LogP contribution >= 0.6 is 0 Å². The Bertz CT molecular complexity index is 1020. The minimum absolute atomic E-state index is 0.0443. The van der Waals surface area contributed by atoms with Crippen molar-refractivity contribution in [1.82, 2.24) is 28.8 Å². The van der Waals surface area contributed by atoms with Gasteiger partial charge in [0.15, 0.2) is 0 Å². The quantitative estimate of drug-likeness (QED) is 0.730. The van der Waals surface area contributed by atoms with Gasteiger partial charge in [-0.3, -0.25) is 18.7 Å². The van der Waals surface area contributed by atoms with E-state index in [1.807, 2.05) is 6.92 Å². The fourth-order valence-corrected chi connectivity index (χ4v) is 3.53. The summed E-state index contributed by atoms with van der Waals surface area (Å²) in [5.41, 5.74) is -0.814. The number of nitrogens with zero attached hydrogens (tertiary/aromatic N) is 5. The van der Waals surface area contributed by atoms with Crippen molar-refractivity contribution in [2.75, 3.05) is 13.1 Å². The summed E-state index contributed by atoms with van der Waals surface area (Å²) in [6.45, 7) is 3.57. The molecule has 0 bridgehead atoms. The lowest BCUT2D eigenvalue weighted by atomic mass is 9.95. The maximum absolute atomic E-state index is 12.6. The van der Waals surface area contributed by atoms with Gasteiger partial charge in [-0.15, -0.1) is 0 Å². The number of aryl methyl sites for hydroxylation is 1. The average molecular weight is 376 g/mol. The van der Waals surface area contributed by atoms with Gasteiger partial charge < -0.3 is 9.88 Å². The average Bonchev–Trinajstić information content (AvgIpc) is 2.96. The molecule has 0 saturated carbocycles. The molecule has 1 aliphatic rings. The fraction of sp³-hybridized carbons (Fsp3) is 0.588. The van der Waals surface area contributed by atoms with E-state index in [2.05, 4.69) is 10.1 Å². The number of hydrogen-bond acceptors (Lipinski definition) is 5. The largest absolute Gasteiger partial charge is 0.345 e. The Morgan fingerprint density at radius 1 is 1.22 bits per heavy atom. The highest BCUT2D eigenvalue weighted by Gasteiger charge is 2.28. The van der Waals surface area contributed by atoms with Crippen molar-refractivity contribution < 1.29 is 4.79 Å². The minimum atomic E-state index is -0.505. The van der Waals surface area contributed by atoms with Crippen LogP contribution in [0.5, 0.6) is 0 Å². The first-order valence-electron chi connectivity index (χ1n) is 9.02. The zero-order valence-corrected chi connectivity index (χ0v) is 15.8. The molecule has 0 unspecified atom stereocenters. The minimum Gasteiger partial charge on any atom is -0.342 e. The Morgan fingerprint density at radius 2 is 1.89 bits per heavy atom. The lowest BCUT2D eigenvalue weighted by Crippen LogP contribution is -2.41. The van der Waals surface area contributed by atoms with Crippen LogP contribution in [-0.4, -0.2) is 47.8 Å². The monoisotopic (exact) mass is 376 g/mol. The van der Waals surface area contributed by atoms with Crippen molar-refractivity contribution in [1.29, 1.82) is 0 Å². The number of amides is 1. The standard InChI is InChI=1S/C17H24N6O4/c1-4-23-14(19-21(3)17(23)27)11-5-7-22(8-6-11)13(24)9-12-10-18-16(26)20(2)15(12)25/h10-11H,4-9H2,1-3H3,(H,18,26). The van der Waals surface area contributed by atoms with Crippen LogP contribution in [0.1, 0.15) is 37.1 Å². The van der Waals surface area contributed by atoms with Gasteiger partial charge in [-0.1, -0.05) is 0 Å². The predicted molar refractivity (Wildman–Crippen MR) is 97.7 cm³/mol. The van der Waals surface area contributed by atoms with E-state index in [-0.39, 0.29) is 29.5 Å².